The molecule has 0 saturated carbocycles. The smallest absolute Gasteiger partial charge is 0.0603 e. The van der Waals surface area contributed by atoms with Gasteiger partial charge < -0.3 is 9.13 Å². The monoisotopic (exact) mass is 522 g/mol. The quantitative estimate of drug-likeness (QED) is 0.131. The number of unbranched alkanes of at least 4 members (excludes halogenated alkanes) is 15. The van der Waals surface area contributed by atoms with Gasteiger partial charge in [-0.3, -0.25) is 9.98 Å². The van der Waals surface area contributed by atoms with Crippen LogP contribution in [0.1, 0.15) is 129 Å². The summed E-state index contributed by atoms with van der Waals surface area (Å²) in [6, 6.07) is 8.67. The molecule has 4 nitrogen and oxygen atoms in total. The fraction of sp³-hybridized carbons (Fsp3) is 0.706. The number of hydrogen-bond acceptors (Lipinski definition) is 2. The Bertz CT molecular complexity index is 821. The van der Waals surface area contributed by atoms with E-state index in [1.807, 2.05) is 0 Å². The number of nitrogens with zero attached hydrogens (tertiary/aromatic N) is 4. The van der Waals surface area contributed by atoms with Crippen molar-refractivity contribution >= 4 is 0 Å². The van der Waals surface area contributed by atoms with Gasteiger partial charge in [0.15, 0.2) is 0 Å². The third-order valence-corrected chi connectivity index (χ3v) is 7.44. The molecule has 0 aliphatic heterocycles. The Hall–Kier alpha value is -2.10. The molecule has 214 valence electrons. The van der Waals surface area contributed by atoms with Crippen LogP contribution < -0.4 is 10.7 Å². The van der Waals surface area contributed by atoms with E-state index in [1.165, 1.54) is 116 Å². The molecule has 0 aliphatic rings. The van der Waals surface area contributed by atoms with Crippen LogP contribution in [0.15, 0.2) is 59.0 Å². The second-order valence-electron chi connectivity index (χ2n) is 11.0. The van der Waals surface area contributed by atoms with Gasteiger partial charge in [-0.1, -0.05) is 104 Å². The van der Waals surface area contributed by atoms with E-state index >= 15 is 0 Å². The van der Waals surface area contributed by atoms with Crippen LogP contribution in [0.25, 0.3) is 0 Å². The van der Waals surface area contributed by atoms with Crippen LogP contribution in [0.2, 0.25) is 0 Å². The van der Waals surface area contributed by atoms with E-state index in [9.17, 15) is 0 Å². The van der Waals surface area contributed by atoms with Crippen LogP contribution in [0.4, 0.5) is 0 Å². The molecule has 0 aliphatic carbocycles. The summed E-state index contributed by atoms with van der Waals surface area (Å²) in [6.45, 7) is 8.70. The lowest BCUT2D eigenvalue weighted by molar-refractivity contribution is 0.521. The molecule has 0 fully saturated rings. The molecule has 0 amide bonds. The van der Waals surface area contributed by atoms with E-state index < -0.39 is 0 Å². The van der Waals surface area contributed by atoms with E-state index in [4.69, 9.17) is 9.98 Å². The zero-order valence-electron chi connectivity index (χ0n) is 25.0. The number of pyridine rings is 2. The Morgan fingerprint density at radius 2 is 0.737 bits per heavy atom. The van der Waals surface area contributed by atoms with Gasteiger partial charge in [0.2, 0.25) is 0 Å². The number of hydrogen-bond donors (Lipinski definition) is 0. The Kier molecular flexibility index (Phi) is 19.3. The van der Waals surface area contributed by atoms with Crippen molar-refractivity contribution in [3.05, 3.63) is 59.8 Å². The third kappa shape index (κ3) is 16.7. The molecule has 0 atom stereocenters. The topological polar surface area (TPSA) is 34.6 Å². The molecule has 2 aromatic rings. The van der Waals surface area contributed by atoms with Crippen LogP contribution in [0, 0.1) is 0 Å². The summed E-state index contributed by atoms with van der Waals surface area (Å²) >= 11 is 0. The van der Waals surface area contributed by atoms with Crippen LogP contribution in [-0.2, 0) is 13.1 Å². The first-order valence-electron chi connectivity index (χ1n) is 16.1. The van der Waals surface area contributed by atoms with E-state index in [2.05, 4.69) is 72.0 Å². The van der Waals surface area contributed by atoms with Gasteiger partial charge in [0, 0.05) is 51.0 Å². The van der Waals surface area contributed by atoms with Gasteiger partial charge in [-0.2, -0.15) is 0 Å². The third-order valence-electron chi connectivity index (χ3n) is 7.44. The Morgan fingerprint density at radius 1 is 0.421 bits per heavy atom. The van der Waals surface area contributed by atoms with Crippen molar-refractivity contribution < 1.29 is 0 Å². The van der Waals surface area contributed by atoms with Crippen molar-refractivity contribution in [1.29, 1.82) is 0 Å². The minimum absolute atomic E-state index is 0.966. The van der Waals surface area contributed by atoms with Crippen molar-refractivity contribution in [3.8, 4) is 0 Å². The first-order valence-corrected chi connectivity index (χ1v) is 16.1. The molecule has 0 radical (unpaired) electrons. The SMILES string of the molecule is CCCCCCN=c1ccn(CCCCCCCCCCCCn2ccc(=NCCCCCC)cc2)cc1. The second kappa shape index (κ2) is 22.8. The van der Waals surface area contributed by atoms with E-state index in [1.54, 1.807) is 0 Å². The predicted octanol–water partition coefficient (Wildman–Crippen LogP) is 8.85. The summed E-state index contributed by atoms with van der Waals surface area (Å²) in [6.07, 6.45) is 32.7. The van der Waals surface area contributed by atoms with Crippen molar-refractivity contribution in [2.24, 2.45) is 9.98 Å². The molecule has 0 saturated heterocycles. The molecule has 2 aromatic heterocycles. The molecular formula is C34H58N4. The van der Waals surface area contributed by atoms with Gasteiger partial charge in [-0.15, -0.1) is 0 Å². The average Bonchev–Trinajstić information content (AvgIpc) is 2.95. The minimum atomic E-state index is 0.966. The highest BCUT2D eigenvalue weighted by atomic mass is 14.9. The van der Waals surface area contributed by atoms with E-state index in [0.29, 0.717) is 0 Å². The Labute approximate surface area is 234 Å². The van der Waals surface area contributed by atoms with Gasteiger partial charge in [0.25, 0.3) is 0 Å². The highest BCUT2D eigenvalue weighted by Crippen LogP contribution is 2.11. The van der Waals surface area contributed by atoms with Crippen molar-refractivity contribution in [2.75, 3.05) is 13.1 Å². The lowest BCUT2D eigenvalue weighted by Gasteiger charge is -2.07. The predicted molar refractivity (Wildman–Crippen MR) is 164 cm³/mol. The maximum absolute atomic E-state index is 4.69. The van der Waals surface area contributed by atoms with Crippen LogP contribution in [-0.4, -0.2) is 22.2 Å². The Morgan fingerprint density at radius 3 is 1.08 bits per heavy atom. The number of rotatable bonds is 23. The Balaban J connectivity index is 1.39. The maximum atomic E-state index is 4.69. The maximum Gasteiger partial charge on any atom is 0.0603 e. The zero-order chi connectivity index (χ0) is 26.9. The van der Waals surface area contributed by atoms with Gasteiger partial charge in [0.1, 0.15) is 0 Å². The summed E-state index contributed by atoms with van der Waals surface area (Å²) in [5.74, 6) is 0. The van der Waals surface area contributed by atoms with Gasteiger partial charge in [0.05, 0.1) is 10.7 Å². The van der Waals surface area contributed by atoms with Crippen molar-refractivity contribution in [1.82, 2.24) is 9.13 Å². The molecule has 2 rings (SSSR count). The largest absolute Gasteiger partial charge is 0.354 e. The lowest BCUT2D eigenvalue weighted by Crippen LogP contribution is -2.06. The zero-order valence-corrected chi connectivity index (χ0v) is 25.0. The summed E-state index contributed by atoms with van der Waals surface area (Å²) in [5.41, 5.74) is 0. The molecule has 0 bridgehead atoms. The molecule has 38 heavy (non-hydrogen) atoms. The normalized spacial score (nSPS) is 11.1. The van der Waals surface area contributed by atoms with Crippen molar-refractivity contribution in [2.45, 2.75) is 143 Å². The first-order chi connectivity index (χ1) is 18.8. The fourth-order valence-corrected chi connectivity index (χ4v) is 4.90. The minimum Gasteiger partial charge on any atom is -0.354 e. The van der Waals surface area contributed by atoms with Gasteiger partial charge >= 0.3 is 0 Å². The van der Waals surface area contributed by atoms with Gasteiger partial charge in [-0.25, -0.2) is 0 Å². The van der Waals surface area contributed by atoms with Crippen molar-refractivity contribution in [3.63, 3.8) is 0 Å². The molecule has 2 heterocycles. The highest BCUT2D eigenvalue weighted by molar-refractivity contribution is 4.94. The summed E-state index contributed by atoms with van der Waals surface area (Å²) < 4.78 is 4.63. The van der Waals surface area contributed by atoms with Gasteiger partial charge in [-0.05, 0) is 49.9 Å². The molecule has 4 heteroatoms. The highest BCUT2D eigenvalue weighted by Gasteiger charge is 1.96. The van der Waals surface area contributed by atoms with E-state index in [0.717, 1.165) is 36.9 Å². The van der Waals surface area contributed by atoms with Crippen LogP contribution >= 0.6 is 0 Å². The molecule has 0 aromatic carbocycles. The molecular weight excluding hydrogens is 464 g/mol. The summed E-state index contributed by atoms with van der Waals surface area (Å²) in [4.78, 5) is 9.39. The molecule has 0 spiro atoms. The molecule has 0 unspecified atom stereocenters. The fourth-order valence-electron chi connectivity index (χ4n) is 4.90. The average molecular weight is 523 g/mol. The first kappa shape index (κ1) is 32.1. The van der Waals surface area contributed by atoms with Crippen LogP contribution in [0.3, 0.4) is 0 Å². The number of aryl methyl sites for hydroxylation is 2. The lowest BCUT2D eigenvalue weighted by atomic mass is 10.1. The van der Waals surface area contributed by atoms with Crippen LogP contribution in [0.5, 0.6) is 0 Å². The summed E-state index contributed by atoms with van der Waals surface area (Å²) in [7, 11) is 0. The second-order valence-corrected chi connectivity index (χ2v) is 11.0. The number of aromatic nitrogens is 2. The standard InChI is InChI=1S/C34H58N4/c1-3-5-7-17-25-35-33-21-29-37(30-22-33)27-19-15-13-11-9-10-12-14-16-20-28-38-31-23-34(24-32-38)36-26-18-8-6-4-2/h21-24,29-32H,3-20,25-28H2,1-2H3. The summed E-state index contributed by atoms with van der Waals surface area (Å²) in [5, 5.41) is 2.26. The molecule has 0 N–H and O–H groups in total. The van der Waals surface area contributed by atoms with E-state index in [-0.39, 0.29) is 0 Å².